The van der Waals surface area contributed by atoms with E-state index in [0.717, 1.165) is 28.2 Å². The fraction of sp³-hybridized carbons (Fsp3) is 0.231. The first-order valence-electron chi connectivity index (χ1n) is 10.6. The number of fused-ring (bicyclic) bond motifs is 1. The second-order valence-electron chi connectivity index (χ2n) is 8.26. The highest BCUT2D eigenvalue weighted by atomic mass is 16.3. The van der Waals surface area contributed by atoms with Crippen molar-refractivity contribution in [3.05, 3.63) is 95.7 Å². The van der Waals surface area contributed by atoms with E-state index in [1.807, 2.05) is 78.3 Å². The molecular weight excluding hydrogens is 386 g/mol. The smallest absolute Gasteiger partial charge is 0.244 e. The van der Waals surface area contributed by atoms with Crippen molar-refractivity contribution in [1.29, 1.82) is 0 Å². The largest absolute Gasteiger partial charge is 0.461 e. The summed E-state index contributed by atoms with van der Waals surface area (Å²) in [6, 6.07) is 21.5. The van der Waals surface area contributed by atoms with Crippen molar-refractivity contribution in [2.75, 3.05) is 0 Å². The summed E-state index contributed by atoms with van der Waals surface area (Å²) in [7, 11) is 1.98. The quantitative estimate of drug-likeness (QED) is 0.443. The van der Waals surface area contributed by atoms with E-state index in [4.69, 9.17) is 9.40 Å². The Bertz CT molecular complexity index is 1250. The van der Waals surface area contributed by atoms with Gasteiger partial charge in [-0.15, -0.1) is 0 Å². The molecule has 1 saturated carbocycles. The van der Waals surface area contributed by atoms with E-state index in [2.05, 4.69) is 12.2 Å². The van der Waals surface area contributed by atoms with Crippen LogP contribution in [-0.2, 0) is 11.8 Å². The lowest BCUT2D eigenvalue weighted by Crippen LogP contribution is -2.29. The predicted molar refractivity (Wildman–Crippen MR) is 121 cm³/mol. The molecule has 1 aliphatic rings. The van der Waals surface area contributed by atoms with Crippen molar-refractivity contribution < 1.29 is 9.21 Å². The van der Waals surface area contributed by atoms with Crippen LogP contribution in [0, 0.1) is 5.92 Å². The first-order chi connectivity index (χ1) is 15.1. The Morgan fingerprint density at radius 2 is 1.87 bits per heavy atom. The molecule has 1 fully saturated rings. The zero-order valence-corrected chi connectivity index (χ0v) is 17.7. The van der Waals surface area contributed by atoms with E-state index in [1.54, 1.807) is 6.08 Å². The van der Waals surface area contributed by atoms with Gasteiger partial charge in [0, 0.05) is 19.0 Å². The van der Waals surface area contributed by atoms with Crippen LogP contribution in [0.15, 0.2) is 77.2 Å². The fourth-order valence-electron chi connectivity index (χ4n) is 4.09. The third kappa shape index (κ3) is 3.91. The summed E-state index contributed by atoms with van der Waals surface area (Å²) in [5.41, 5.74) is 2.91. The number of rotatable bonds is 6. The molecule has 1 amide bonds. The van der Waals surface area contributed by atoms with Gasteiger partial charge in [0.15, 0.2) is 0 Å². The Labute approximate surface area is 181 Å². The van der Waals surface area contributed by atoms with Crippen LogP contribution in [0.4, 0.5) is 0 Å². The molecular formula is C26H25N3O2. The molecule has 5 rings (SSSR count). The van der Waals surface area contributed by atoms with Crippen LogP contribution in [0.5, 0.6) is 0 Å². The van der Waals surface area contributed by atoms with Crippen LogP contribution >= 0.6 is 0 Å². The lowest BCUT2D eigenvalue weighted by molar-refractivity contribution is -0.117. The first-order valence-corrected chi connectivity index (χ1v) is 10.6. The zero-order chi connectivity index (χ0) is 21.4. The van der Waals surface area contributed by atoms with Gasteiger partial charge >= 0.3 is 0 Å². The van der Waals surface area contributed by atoms with Crippen LogP contribution in [-0.4, -0.2) is 15.5 Å². The van der Waals surface area contributed by atoms with E-state index < -0.39 is 0 Å². The summed E-state index contributed by atoms with van der Waals surface area (Å²) in [6.45, 7) is 2.22. The molecule has 0 bridgehead atoms. The Hall–Kier alpha value is -3.60. The van der Waals surface area contributed by atoms with Gasteiger partial charge in [-0.25, -0.2) is 4.98 Å². The number of hydrogen-bond donors (Lipinski definition) is 1. The van der Waals surface area contributed by atoms with Crippen molar-refractivity contribution in [2.24, 2.45) is 13.0 Å². The Morgan fingerprint density at radius 3 is 2.61 bits per heavy atom. The van der Waals surface area contributed by atoms with Crippen molar-refractivity contribution >= 4 is 23.0 Å². The molecule has 1 aliphatic carbocycles. The van der Waals surface area contributed by atoms with Gasteiger partial charge in [-0.05, 0) is 48.2 Å². The van der Waals surface area contributed by atoms with Crippen molar-refractivity contribution in [2.45, 2.75) is 25.3 Å². The molecule has 3 atom stereocenters. The van der Waals surface area contributed by atoms with Crippen molar-refractivity contribution in [3.63, 3.8) is 0 Å². The van der Waals surface area contributed by atoms with Crippen LogP contribution in [0.2, 0.25) is 0 Å². The number of nitrogens with one attached hydrogen (secondary N) is 1. The molecule has 0 saturated heterocycles. The number of imidazole rings is 1. The summed E-state index contributed by atoms with van der Waals surface area (Å²) >= 11 is 0. The van der Waals surface area contributed by atoms with Gasteiger partial charge in [0.2, 0.25) is 5.91 Å². The summed E-state index contributed by atoms with van der Waals surface area (Å²) in [5, 5.41) is 3.12. The number of aryl methyl sites for hydroxylation is 1. The molecule has 2 heterocycles. The van der Waals surface area contributed by atoms with E-state index in [9.17, 15) is 4.79 Å². The van der Waals surface area contributed by atoms with Crippen LogP contribution in [0.3, 0.4) is 0 Å². The SMILES string of the molecule is CC1CC1c1ccc(/C=C/C(=O)NC(c2ccccc2)c2nc3ccccc3n2C)o1. The molecule has 5 nitrogen and oxygen atoms in total. The minimum absolute atomic E-state index is 0.196. The molecule has 3 unspecified atom stereocenters. The van der Waals surface area contributed by atoms with Gasteiger partial charge in [0.25, 0.3) is 0 Å². The van der Waals surface area contributed by atoms with Crippen LogP contribution < -0.4 is 5.32 Å². The highest BCUT2D eigenvalue weighted by Gasteiger charge is 2.36. The second-order valence-corrected chi connectivity index (χ2v) is 8.26. The van der Waals surface area contributed by atoms with E-state index in [-0.39, 0.29) is 11.9 Å². The number of para-hydroxylation sites is 2. The number of carbonyl (C=O) groups excluding carboxylic acids is 1. The third-order valence-electron chi connectivity index (χ3n) is 6.02. The number of carbonyl (C=O) groups is 1. The van der Waals surface area contributed by atoms with Gasteiger partial charge in [-0.1, -0.05) is 49.4 Å². The fourth-order valence-corrected chi connectivity index (χ4v) is 4.09. The number of amides is 1. The van der Waals surface area contributed by atoms with Gasteiger partial charge in [-0.3, -0.25) is 4.79 Å². The number of hydrogen-bond acceptors (Lipinski definition) is 3. The molecule has 2 aromatic heterocycles. The van der Waals surface area contributed by atoms with Gasteiger partial charge < -0.3 is 14.3 Å². The lowest BCUT2D eigenvalue weighted by atomic mass is 10.1. The van der Waals surface area contributed by atoms with E-state index in [0.29, 0.717) is 17.6 Å². The monoisotopic (exact) mass is 411 g/mol. The highest BCUT2D eigenvalue weighted by Crippen LogP contribution is 2.47. The van der Waals surface area contributed by atoms with Gasteiger partial charge in [-0.2, -0.15) is 0 Å². The summed E-state index contributed by atoms with van der Waals surface area (Å²) < 4.78 is 7.91. The van der Waals surface area contributed by atoms with Crippen molar-refractivity contribution in [1.82, 2.24) is 14.9 Å². The maximum atomic E-state index is 12.8. The number of benzene rings is 2. The van der Waals surface area contributed by atoms with Gasteiger partial charge in [0.05, 0.1) is 11.0 Å². The first kappa shape index (κ1) is 19.4. The molecule has 31 heavy (non-hydrogen) atoms. The topological polar surface area (TPSA) is 60.1 Å². The Kier molecular flexibility index (Phi) is 4.94. The molecule has 5 heteroatoms. The summed E-state index contributed by atoms with van der Waals surface area (Å²) in [5.74, 6) is 3.51. The van der Waals surface area contributed by atoms with E-state index in [1.165, 1.54) is 12.5 Å². The molecule has 0 radical (unpaired) electrons. The van der Waals surface area contributed by atoms with E-state index >= 15 is 0 Å². The van der Waals surface area contributed by atoms with Crippen LogP contribution in [0.1, 0.15) is 48.2 Å². The number of aromatic nitrogens is 2. The predicted octanol–water partition coefficient (Wildman–Crippen LogP) is 5.21. The number of nitrogens with zero attached hydrogens (tertiary/aromatic N) is 2. The number of furan rings is 1. The second kappa shape index (κ2) is 7.91. The standard InChI is InChI=1S/C26H25N3O2/c1-17-16-20(17)23-14-12-19(31-23)13-15-24(30)28-25(18-8-4-3-5-9-18)26-27-21-10-6-7-11-22(21)29(26)2/h3-15,17,20,25H,16H2,1-2H3,(H,28,30)/b15-13+. The minimum atomic E-state index is -0.366. The van der Waals surface area contributed by atoms with Crippen molar-refractivity contribution in [3.8, 4) is 0 Å². The molecule has 0 aliphatic heterocycles. The minimum Gasteiger partial charge on any atom is -0.461 e. The summed E-state index contributed by atoms with van der Waals surface area (Å²) in [6.07, 6.45) is 4.42. The van der Waals surface area contributed by atoms with Gasteiger partial charge in [0.1, 0.15) is 23.4 Å². The average Bonchev–Trinajstić information content (AvgIpc) is 3.20. The molecule has 4 aromatic rings. The molecule has 156 valence electrons. The normalized spacial score (nSPS) is 19.0. The third-order valence-corrected chi connectivity index (χ3v) is 6.02. The zero-order valence-electron chi connectivity index (χ0n) is 17.7. The molecule has 0 spiro atoms. The molecule has 1 N–H and O–H groups in total. The molecule has 2 aromatic carbocycles. The maximum absolute atomic E-state index is 12.8. The Balaban J connectivity index is 1.40. The highest BCUT2D eigenvalue weighted by molar-refractivity contribution is 5.92. The Morgan fingerprint density at radius 1 is 1.13 bits per heavy atom. The average molecular weight is 412 g/mol. The van der Waals surface area contributed by atoms with Crippen LogP contribution in [0.25, 0.3) is 17.1 Å². The lowest BCUT2D eigenvalue weighted by Gasteiger charge is -2.18. The summed E-state index contributed by atoms with van der Waals surface area (Å²) in [4.78, 5) is 17.6. The maximum Gasteiger partial charge on any atom is 0.244 e.